The minimum Gasteiger partial charge on any atom is -0.370 e. The van der Waals surface area contributed by atoms with E-state index in [0.29, 0.717) is 6.04 Å². The summed E-state index contributed by atoms with van der Waals surface area (Å²) < 4.78 is 5.59. The second kappa shape index (κ2) is 4.07. The van der Waals surface area contributed by atoms with Gasteiger partial charge in [-0.2, -0.15) is 0 Å². The molecule has 13 heavy (non-hydrogen) atoms. The summed E-state index contributed by atoms with van der Waals surface area (Å²) in [6.07, 6.45) is 5.97. The Morgan fingerprint density at radius 1 is 1.31 bits per heavy atom. The zero-order chi connectivity index (χ0) is 9.10. The van der Waals surface area contributed by atoms with Gasteiger partial charge in [-0.15, -0.1) is 0 Å². The Bertz CT molecular complexity index is 195. The summed E-state index contributed by atoms with van der Waals surface area (Å²) in [4.78, 5) is 4.49. The first-order valence-electron chi connectivity index (χ1n) is 5.06. The number of rotatable bonds is 2. The largest absolute Gasteiger partial charge is 0.370 e. The first-order valence-corrected chi connectivity index (χ1v) is 5.06. The maximum Gasteiger partial charge on any atom is 0.140 e. The Morgan fingerprint density at radius 2 is 2.15 bits per heavy atom. The molecule has 2 fully saturated rings. The molecule has 0 radical (unpaired) electrons. The van der Waals surface area contributed by atoms with Crippen molar-refractivity contribution in [1.82, 2.24) is 5.43 Å². The van der Waals surface area contributed by atoms with Gasteiger partial charge in [-0.05, 0) is 32.1 Å². The third-order valence-corrected chi connectivity index (χ3v) is 2.50. The van der Waals surface area contributed by atoms with Gasteiger partial charge in [0.15, 0.2) is 0 Å². The molecule has 0 spiro atoms. The van der Waals surface area contributed by atoms with Crippen LogP contribution >= 0.6 is 0 Å². The van der Waals surface area contributed by atoms with Crippen molar-refractivity contribution in [3.63, 3.8) is 0 Å². The predicted molar refractivity (Wildman–Crippen MR) is 51.4 cm³/mol. The molecule has 1 saturated carbocycles. The zero-order valence-corrected chi connectivity index (χ0v) is 7.83. The van der Waals surface area contributed by atoms with Crippen LogP contribution in [0.15, 0.2) is 4.99 Å². The molecule has 4 heteroatoms. The summed E-state index contributed by atoms with van der Waals surface area (Å²) in [5, 5.41) is 0. The molecule has 1 aliphatic heterocycles. The van der Waals surface area contributed by atoms with Crippen LogP contribution in [0.5, 0.6) is 0 Å². The number of aliphatic imine (C=N–C) groups is 1. The van der Waals surface area contributed by atoms with E-state index in [9.17, 15) is 0 Å². The molecule has 0 bridgehead atoms. The number of ether oxygens (including phenoxy) is 1. The molecule has 74 valence electrons. The zero-order valence-electron chi connectivity index (χ0n) is 7.83. The number of hydrogen-bond acceptors (Lipinski definition) is 3. The Morgan fingerprint density at radius 3 is 2.69 bits per heavy atom. The van der Waals surface area contributed by atoms with Gasteiger partial charge >= 0.3 is 0 Å². The van der Waals surface area contributed by atoms with Gasteiger partial charge in [0.1, 0.15) is 11.9 Å². The van der Waals surface area contributed by atoms with E-state index in [2.05, 4.69) is 10.4 Å². The Hall–Kier alpha value is -0.610. The van der Waals surface area contributed by atoms with Gasteiger partial charge in [0.25, 0.3) is 0 Å². The van der Waals surface area contributed by atoms with Crippen molar-refractivity contribution in [2.45, 2.75) is 44.2 Å². The van der Waals surface area contributed by atoms with Gasteiger partial charge in [0, 0.05) is 6.61 Å². The number of nitrogens with two attached hydrogens (primary N) is 1. The molecule has 1 saturated heterocycles. The normalized spacial score (nSPS) is 30.2. The van der Waals surface area contributed by atoms with Crippen LogP contribution in [0.25, 0.3) is 0 Å². The molecule has 4 nitrogen and oxygen atoms in total. The van der Waals surface area contributed by atoms with Gasteiger partial charge in [0.05, 0.1) is 6.04 Å². The number of hydrazine groups is 1. The number of amidine groups is 1. The maximum absolute atomic E-state index is 5.59. The van der Waals surface area contributed by atoms with Crippen LogP contribution in [0.4, 0.5) is 0 Å². The third-order valence-electron chi connectivity index (χ3n) is 2.50. The molecule has 0 aromatic rings. The van der Waals surface area contributed by atoms with E-state index in [4.69, 9.17) is 10.6 Å². The van der Waals surface area contributed by atoms with Crippen LogP contribution in [0, 0.1) is 0 Å². The van der Waals surface area contributed by atoms with E-state index in [0.717, 1.165) is 25.3 Å². The highest BCUT2D eigenvalue weighted by Crippen LogP contribution is 2.24. The van der Waals surface area contributed by atoms with Crippen molar-refractivity contribution < 1.29 is 4.74 Å². The molecule has 0 amide bonds. The molecule has 0 aromatic heterocycles. The molecule has 2 rings (SSSR count). The molecule has 0 aromatic carbocycles. The lowest BCUT2D eigenvalue weighted by atomic mass is 10.1. The lowest BCUT2D eigenvalue weighted by molar-refractivity contribution is 0.0563. The molecule has 1 atom stereocenters. The van der Waals surface area contributed by atoms with E-state index >= 15 is 0 Å². The summed E-state index contributed by atoms with van der Waals surface area (Å²) in [6.45, 7) is 0.843. The molecule has 1 heterocycles. The van der Waals surface area contributed by atoms with Crippen LogP contribution in [0.3, 0.4) is 0 Å². The van der Waals surface area contributed by atoms with Crippen molar-refractivity contribution in [2.24, 2.45) is 10.8 Å². The van der Waals surface area contributed by atoms with E-state index in [1.807, 2.05) is 0 Å². The van der Waals surface area contributed by atoms with Crippen LogP contribution in [0.2, 0.25) is 0 Å². The van der Waals surface area contributed by atoms with E-state index in [-0.39, 0.29) is 6.10 Å². The topological polar surface area (TPSA) is 59.6 Å². The second-order valence-corrected chi connectivity index (χ2v) is 3.75. The summed E-state index contributed by atoms with van der Waals surface area (Å²) in [7, 11) is 0. The van der Waals surface area contributed by atoms with Crippen LogP contribution in [0.1, 0.15) is 32.1 Å². The highest BCUT2D eigenvalue weighted by molar-refractivity contribution is 5.86. The van der Waals surface area contributed by atoms with Crippen LogP contribution in [-0.2, 0) is 4.74 Å². The SMILES string of the molecule is NNC(=NC1CC1)C1CCCCO1. The molecular weight excluding hydrogens is 166 g/mol. The summed E-state index contributed by atoms with van der Waals surface area (Å²) in [5.74, 6) is 6.27. The monoisotopic (exact) mass is 183 g/mol. The van der Waals surface area contributed by atoms with Gasteiger partial charge in [-0.1, -0.05) is 0 Å². The van der Waals surface area contributed by atoms with Gasteiger partial charge in [-0.25, -0.2) is 5.84 Å². The van der Waals surface area contributed by atoms with Gasteiger partial charge < -0.3 is 10.2 Å². The Kier molecular flexibility index (Phi) is 2.80. The third kappa shape index (κ3) is 2.42. The maximum atomic E-state index is 5.59. The minimum absolute atomic E-state index is 0.124. The first-order chi connectivity index (χ1) is 6.40. The van der Waals surface area contributed by atoms with Crippen molar-refractivity contribution in [1.29, 1.82) is 0 Å². The van der Waals surface area contributed by atoms with E-state index in [1.165, 1.54) is 19.3 Å². The Labute approximate surface area is 78.5 Å². The quantitative estimate of drug-likeness (QED) is 0.285. The fourth-order valence-electron chi connectivity index (χ4n) is 1.57. The second-order valence-electron chi connectivity index (χ2n) is 3.75. The molecule has 2 aliphatic rings. The Balaban J connectivity index is 1.93. The van der Waals surface area contributed by atoms with E-state index in [1.54, 1.807) is 0 Å². The average Bonchev–Trinajstić information content (AvgIpc) is 2.99. The van der Waals surface area contributed by atoms with Crippen molar-refractivity contribution in [3.8, 4) is 0 Å². The summed E-state index contributed by atoms with van der Waals surface area (Å²) >= 11 is 0. The van der Waals surface area contributed by atoms with Crippen molar-refractivity contribution >= 4 is 5.84 Å². The molecule has 3 N–H and O–H groups in total. The van der Waals surface area contributed by atoms with E-state index < -0.39 is 0 Å². The number of hydrogen-bond donors (Lipinski definition) is 2. The van der Waals surface area contributed by atoms with Crippen LogP contribution < -0.4 is 11.3 Å². The highest BCUT2D eigenvalue weighted by Gasteiger charge is 2.25. The first kappa shape index (κ1) is 8.97. The smallest absolute Gasteiger partial charge is 0.140 e. The lowest BCUT2D eigenvalue weighted by Crippen LogP contribution is -2.42. The van der Waals surface area contributed by atoms with Crippen molar-refractivity contribution in [3.05, 3.63) is 0 Å². The minimum atomic E-state index is 0.124. The number of nitrogens with zero attached hydrogens (tertiary/aromatic N) is 1. The fraction of sp³-hybridized carbons (Fsp3) is 0.889. The summed E-state index contributed by atoms with van der Waals surface area (Å²) in [6, 6.07) is 0.511. The fourth-order valence-corrected chi connectivity index (χ4v) is 1.57. The lowest BCUT2D eigenvalue weighted by Gasteiger charge is -2.23. The average molecular weight is 183 g/mol. The molecular formula is C9H17N3O. The number of nitrogens with one attached hydrogen (secondary N) is 1. The highest BCUT2D eigenvalue weighted by atomic mass is 16.5. The van der Waals surface area contributed by atoms with Gasteiger partial charge in [0.2, 0.25) is 0 Å². The predicted octanol–water partition coefficient (Wildman–Crippen LogP) is 0.580. The van der Waals surface area contributed by atoms with Crippen LogP contribution in [-0.4, -0.2) is 24.6 Å². The van der Waals surface area contributed by atoms with Crippen molar-refractivity contribution in [2.75, 3.05) is 6.61 Å². The molecule has 1 unspecified atom stereocenters. The molecule has 1 aliphatic carbocycles. The standard InChI is InChI=1S/C9H17N3O/c10-12-9(11-7-4-5-7)8-3-1-2-6-13-8/h7-8H,1-6,10H2,(H,11,12). The van der Waals surface area contributed by atoms with Gasteiger partial charge in [-0.3, -0.25) is 4.99 Å². The summed E-state index contributed by atoms with van der Waals surface area (Å²) in [5.41, 5.74) is 2.67.